The van der Waals surface area contributed by atoms with Crippen molar-refractivity contribution in [1.29, 1.82) is 5.26 Å². The van der Waals surface area contributed by atoms with Gasteiger partial charge in [0.2, 0.25) is 0 Å². The molecule has 3 aromatic rings. The van der Waals surface area contributed by atoms with Crippen LogP contribution in [0.2, 0.25) is 0 Å². The fourth-order valence-corrected chi connectivity index (χ4v) is 2.50. The summed E-state index contributed by atoms with van der Waals surface area (Å²) in [6, 6.07) is 15.3. The molecule has 0 atom stereocenters. The van der Waals surface area contributed by atoms with Gasteiger partial charge >= 0.3 is 0 Å². The van der Waals surface area contributed by atoms with Crippen molar-refractivity contribution in [2.75, 3.05) is 11.5 Å². The third kappa shape index (κ3) is 2.31. The molecule has 5 nitrogen and oxygen atoms in total. The first kappa shape index (κ1) is 13.8. The lowest BCUT2D eigenvalue weighted by molar-refractivity contribution is 0.306. The number of hydrogen-bond donors (Lipinski definition) is 2. The second kappa shape index (κ2) is 5.34. The van der Waals surface area contributed by atoms with Crippen molar-refractivity contribution in [3.63, 3.8) is 0 Å². The SMILES string of the molecule is Cn1c(N)c(C#N)c2cc(OCc3cccc(N)c3)ccc21. The highest BCUT2D eigenvalue weighted by Gasteiger charge is 2.13. The maximum atomic E-state index is 9.26. The number of nitrogens with two attached hydrogens (primary N) is 2. The molecule has 0 aliphatic heterocycles. The van der Waals surface area contributed by atoms with Crippen molar-refractivity contribution in [3.05, 3.63) is 53.6 Å². The zero-order valence-corrected chi connectivity index (χ0v) is 12.2. The zero-order valence-electron chi connectivity index (χ0n) is 12.2. The summed E-state index contributed by atoms with van der Waals surface area (Å²) in [5.41, 5.74) is 14.8. The molecule has 110 valence electrons. The van der Waals surface area contributed by atoms with Crippen LogP contribution in [0, 0.1) is 11.3 Å². The van der Waals surface area contributed by atoms with Gasteiger partial charge in [-0.15, -0.1) is 0 Å². The van der Waals surface area contributed by atoms with Crippen LogP contribution in [0.3, 0.4) is 0 Å². The molecule has 1 heterocycles. The third-order valence-electron chi connectivity index (χ3n) is 3.68. The van der Waals surface area contributed by atoms with Gasteiger partial charge in [-0.05, 0) is 35.9 Å². The number of aromatic nitrogens is 1. The van der Waals surface area contributed by atoms with Gasteiger partial charge in [-0.1, -0.05) is 12.1 Å². The standard InChI is InChI=1S/C17H16N4O/c1-21-16-6-5-13(8-14(16)15(9-18)17(21)20)22-10-11-3-2-4-12(19)7-11/h2-8H,10,19-20H2,1H3. The minimum absolute atomic E-state index is 0.417. The second-order valence-electron chi connectivity index (χ2n) is 5.14. The van der Waals surface area contributed by atoms with Crippen LogP contribution in [-0.4, -0.2) is 4.57 Å². The molecule has 0 aliphatic rings. The van der Waals surface area contributed by atoms with Gasteiger partial charge in [0, 0.05) is 18.1 Å². The van der Waals surface area contributed by atoms with E-state index in [1.807, 2.05) is 49.5 Å². The van der Waals surface area contributed by atoms with Gasteiger partial charge in [0.1, 0.15) is 29.8 Å². The first-order valence-electron chi connectivity index (χ1n) is 6.85. The van der Waals surface area contributed by atoms with E-state index in [2.05, 4.69) is 6.07 Å². The van der Waals surface area contributed by atoms with E-state index < -0.39 is 0 Å². The van der Waals surface area contributed by atoms with Gasteiger partial charge in [0.15, 0.2) is 0 Å². The van der Waals surface area contributed by atoms with Crippen LogP contribution in [0.5, 0.6) is 5.75 Å². The molecule has 0 spiro atoms. The molecule has 0 aliphatic carbocycles. The molecule has 0 saturated carbocycles. The molecule has 0 bridgehead atoms. The Bertz CT molecular complexity index is 890. The number of nitriles is 1. The van der Waals surface area contributed by atoms with Crippen molar-refractivity contribution < 1.29 is 4.74 Å². The maximum Gasteiger partial charge on any atom is 0.122 e. The Balaban J connectivity index is 1.91. The van der Waals surface area contributed by atoms with Crippen LogP contribution in [0.25, 0.3) is 10.9 Å². The summed E-state index contributed by atoms with van der Waals surface area (Å²) < 4.78 is 7.59. The number of anilines is 2. The van der Waals surface area contributed by atoms with Gasteiger partial charge in [0.25, 0.3) is 0 Å². The van der Waals surface area contributed by atoms with Crippen molar-refractivity contribution in [3.8, 4) is 11.8 Å². The molecule has 0 radical (unpaired) electrons. The van der Waals surface area contributed by atoms with Gasteiger partial charge in [-0.2, -0.15) is 5.26 Å². The highest BCUT2D eigenvalue weighted by atomic mass is 16.5. The van der Waals surface area contributed by atoms with Crippen molar-refractivity contribution in [2.24, 2.45) is 7.05 Å². The van der Waals surface area contributed by atoms with Crippen LogP contribution >= 0.6 is 0 Å². The van der Waals surface area contributed by atoms with Crippen LogP contribution < -0.4 is 16.2 Å². The normalized spacial score (nSPS) is 10.5. The van der Waals surface area contributed by atoms with Crippen molar-refractivity contribution >= 4 is 22.4 Å². The van der Waals surface area contributed by atoms with E-state index in [-0.39, 0.29) is 0 Å². The monoisotopic (exact) mass is 292 g/mol. The highest BCUT2D eigenvalue weighted by Crippen LogP contribution is 2.30. The fourth-order valence-electron chi connectivity index (χ4n) is 2.50. The van der Waals surface area contributed by atoms with Crippen LogP contribution in [0.15, 0.2) is 42.5 Å². The largest absolute Gasteiger partial charge is 0.489 e. The summed E-state index contributed by atoms with van der Waals surface area (Å²) in [4.78, 5) is 0. The average Bonchev–Trinajstić information content (AvgIpc) is 2.76. The van der Waals surface area contributed by atoms with Gasteiger partial charge < -0.3 is 20.8 Å². The molecule has 5 heteroatoms. The minimum Gasteiger partial charge on any atom is -0.489 e. The summed E-state index contributed by atoms with van der Waals surface area (Å²) in [5, 5.41) is 10.1. The maximum absolute atomic E-state index is 9.26. The Morgan fingerprint density at radius 3 is 2.73 bits per heavy atom. The average molecular weight is 292 g/mol. The van der Waals surface area contributed by atoms with E-state index in [4.69, 9.17) is 16.2 Å². The van der Waals surface area contributed by atoms with Crippen molar-refractivity contribution in [1.82, 2.24) is 4.57 Å². The number of rotatable bonds is 3. The van der Waals surface area contributed by atoms with Crippen LogP contribution in [0.4, 0.5) is 11.5 Å². The summed E-state index contributed by atoms with van der Waals surface area (Å²) in [6.07, 6.45) is 0. The molecule has 3 rings (SSSR count). The third-order valence-corrected chi connectivity index (χ3v) is 3.68. The first-order chi connectivity index (χ1) is 10.6. The molecular weight excluding hydrogens is 276 g/mol. The molecule has 0 fully saturated rings. The summed E-state index contributed by atoms with van der Waals surface area (Å²) in [5.74, 6) is 1.16. The number of nitrogens with zero attached hydrogens (tertiary/aromatic N) is 2. The van der Waals surface area contributed by atoms with E-state index in [9.17, 15) is 5.26 Å². The van der Waals surface area contributed by atoms with E-state index in [0.29, 0.717) is 29.4 Å². The summed E-state index contributed by atoms with van der Waals surface area (Å²) in [6.45, 7) is 0.417. The molecule has 22 heavy (non-hydrogen) atoms. The summed E-state index contributed by atoms with van der Waals surface area (Å²) in [7, 11) is 1.84. The predicted octanol–water partition coefficient (Wildman–Crippen LogP) is 2.79. The Kier molecular flexibility index (Phi) is 3.36. The van der Waals surface area contributed by atoms with E-state index >= 15 is 0 Å². The Morgan fingerprint density at radius 2 is 2.00 bits per heavy atom. The molecule has 4 N–H and O–H groups in total. The molecular formula is C17H16N4O. The van der Waals surface area contributed by atoms with E-state index in [0.717, 1.165) is 16.5 Å². The Hall–Kier alpha value is -3.13. The number of hydrogen-bond acceptors (Lipinski definition) is 4. The zero-order chi connectivity index (χ0) is 15.7. The highest BCUT2D eigenvalue weighted by molar-refractivity contribution is 5.92. The summed E-state index contributed by atoms with van der Waals surface area (Å²) >= 11 is 0. The lowest BCUT2D eigenvalue weighted by Gasteiger charge is -2.07. The first-order valence-corrected chi connectivity index (χ1v) is 6.85. The van der Waals surface area contributed by atoms with Gasteiger partial charge in [-0.25, -0.2) is 0 Å². The molecule has 0 unspecified atom stereocenters. The van der Waals surface area contributed by atoms with E-state index in [1.165, 1.54) is 0 Å². The number of aryl methyl sites for hydroxylation is 1. The molecule has 1 aromatic heterocycles. The molecule has 0 saturated heterocycles. The molecule has 0 amide bonds. The smallest absolute Gasteiger partial charge is 0.122 e. The number of nitrogen functional groups attached to an aromatic ring is 2. The minimum atomic E-state index is 0.417. The van der Waals surface area contributed by atoms with Gasteiger partial charge in [0.05, 0.1) is 5.52 Å². The Morgan fingerprint density at radius 1 is 1.18 bits per heavy atom. The predicted molar refractivity (Wildman–Crippen MR) is 87.2 cm³/mol. The number of ether oxygens (including phenoxy) is 1. The van der Waals surface area contributed by atoms with Crippen molar-refractivity contribution in [2.45, 2.75) is 6.61 Å². The lowest BCUT2D eigenvalue weighted by Crippen LogP contribution is -1.97. The van der Waals surface area contributed by atoms with Crippen LogP contribution in [-0.2, 0) is 13.7 Å². The van der Waals surface area contributed by atoms with E-state index in [1.54, 1.807) is 4.57 Å². The molecule has 2 aromatic carbocycles. The second-order valence-corrected chi connectivity index (χ2v) is 5.14. The number of fused-ring (bicyclic) bond motifs is 1. The fraction of sp³-hybridized carbons (Fsp3) is 0.118. The Labute approximate surface area is 128 Å². The topological polar surface area (TPSA) is 90.0 Å². The quantitative estimate of drug-likeness (QED) is 0.726. The van der Waals surface area contributed by atoms with Gasteiger partial charge in [-0.3, -0.25) is 0 Å². The number of benzene rings is 2. The van der Waals surface area contributed by atoms with Crippen LogP contribution in [0.1, 0.15) is 11.1 Å². The lowest BCUT2D eigenvalue weighted by atomic mass is 10.1.